The Kier molecular flexibility index (Phi) is 6.87. The van der Waals surface area contributed by atoms with Crippen LogP contribution in [0.2, 0.25) is 10.0 Å². The number of hydrogen-bond acceptors (Lipinski definition) is 5. The second-order valence-electron chi connectivity index (χ2n) is 5.87. The van der Waals surface area contributed by atoms with Crippen LogP contribution in [0.3, 0.4) is 0 Å². The number of halogens is 2. The first-order valence-corrected chi connectivity index (χ1v) is 10.6. The van der Waals surface area contributed by atoms with E-state index in [4.69, 9.17) is 23.2 Å². The maximum absolute atomic E-state index is 12.8. The number of nitrogens with zero attached hydrogens (tertiary/aromatic N) is 2. The van der Waals surface area contributed by atoms with E-state index in [1.54, 1.807) is 13.0 Å². The molecule has 1 N–H and O–H groups in total. The third kappa shape index (κ3) is 5.12. The van der Waals surface area contributed by atoms with Crippen molar-refractivity contribution in [1.29, 1.82) is 0 Å². The zero-order chi connectivity index (χ0) is 21.1. The Morgan fingerprint density at radius 1 is 1.25 bits per heavy atom. The van der Waals surface area contributed by atoms with Gasteiger partial charge in [-0.2, -0.15) is 0 Å². The lowest BCUT2D eigenvalue weighted by Crippen LogP contribution is -2.47. The van der Waals surface area contributed by atoms with Gasteiger partial charge in [-0.25, -0.2) is 8.42 Å². The van der Waals surface area contributed by atoms with Crippen molar-refractivity contribution < 1.29 is 18.1 Å². The smallest absolute Gasteiger partial charge is 0.271 e. The van der Waals surface area contributed by atoms with Crippen molar-refractivity contribution in [3.63, 3.8) is 0 Å². The molecule has 2 aromatic rings. The topological polar surface area (TPSA) is 110 Å². The SMILES string of the molecule is CC[C@@H](C(=O)Nc1cc(Cl)ccc1Cl)N(c1cccc([N+](=O)[O-])c1)S(C)(=O)=O. The summed E-state index contributed by atoms with van der Waals surface area (Å²) in [5.74, 6) is -0.649. The number of nitro groups is 1. The molecule has 0 saturated heterocycles. The summed E-state index contributed by atoms with van der Waals surface area (Å²) in [6, 6.07) is 8.39. The van der Waals surface area contributed by atoms with Crippen LogP contribution in [0, 0.1) is 10.1 Å². The minimum atomic E-state index is -3.94. The van der Waals surface area contributed by atoms with Crippen LogP contribution in [-0.4, -0.2) is 31.5 Å². The first-order chi connectivity index (χ1) is 13.0. The second-order valence-corrected chi connectivity index (χ2v) is 8.58. The summed E-state index contributed by atoms with van der Waals surface area (Å²) in [5, 5.41) is 14.2. The van der Waals surface area contributed by atoms with E-state index in [1.165, 1.54) is 30.3 Å². The molecule has 0 aliphatic heterocycles. The highest BCUT2D eigenvalue weighted by molar-refractivity contribution is 7.92. The molecule has 2 aromatic carbocycles. The Balaban J connectivity index is 2.46. The van der Waals surface area contributed by atoms with Gasteiger partial charge in [0.2, 0.25) is 15.9 Å². The van der Waals surface area contributed by atoms with Gasteiger partial charge in [-0.3, -0.25) is 19.2 Å². The number of non-ortho nitro benzene ring substituents is 1. The van der Waals surface area contributed by atoms with Gasteiger partial charge in [0.15, 0.2) is 0 Å². The lowest BCUT2D eigenvalue weighted by atomic mass is 10.1. The van der Waals surface area contributed by atoms with Gasteiger partial charge in [-0.1, -0.05) is 36.2 Å². The van der Waals surface area contributed by atoms with Crippen LogP contribution in [0.1, 0.15) is 13.3 Å². The summed E-state index contributed by atoms with van der Waals surface area (Å²) in [5.41, 5.74) is -0.0553. The zero-order valence-corrected chi connectivity index (χ0v) is 17.3. The van der Waals surface area contributed by atoms with Crippen molar-refractivity contribution in [2.24, 2.45) is 0 Å². The Morgan fingerprint density at radius 2 is 1.93 bits per heavy atom. The third-order valence-electron chi connectivity index (χ3n) is 3.81. The highest BCUT2D eigenvalue weighted by atomic mass is 35.5. The Labute approximate surface area is 172 Å². The number of benzene rings is 2. The van der Waals surface area contributed by atoms with Crippen LogP contribution < -0.4 is 9.62 Å². The molecule has 0 aliphatic carbocycles. The van der Waals surface area contributed by atoms with Gasteiger partial charge >= 0.3 is 0 Å². The number of carbonyl (C=O) groups is 1. The molecule has 11 heteroatoms. The summed E-state index contributed by atoms with van der Waals surface area (Å²) in [4.78, 5) is 23.2. The van der Waals surface area contributed by atoms with Crippen LogP contribution in [0.25, 0.3) is 0 Å². The van der Waals surface area contributed by atoms with Crippen molar-refractivity contribution in [3.8, 4) is 0 Å². The number of anilines is 2. The molecule has 28 heavy (non-hydrogen) atoms. The molecular weight excluding hydrogens is 429 g/mol. The third-order valence-corrected chi connectivity index (χ3v) is 5.56. The average Bonchev–Trinajstić information content (AvgIpc) is 2.61. The molecule has 0 aromatic heterocycles. The van der Waals surface area contributed by atoms with Gasteiger partial charge in [-0.15, -0.1) is 0 Å². The van der Waals surface area contributed by atoms with Gasteiger partial charge in [0.05, 0.1) is 27.6 Å². The van der Waals surface area contributed by atoms with E-state index >= 15 is 0 Å². The highest BCUT2D eigenvalue weighted by Crippen LogP contribution is 2.29. The van der Waals surface area contributed by atoms with Crippen LogP contribution in [0.5, 0.6) is 0 Å². The zero-order valence-electron chi connectivity index (χ0n) is 14.9. The molecule has 0 radical (unpaired) electrons. The first-order valence-electron chi connectivity index (χ1n) is 8.04. The molecule has 0 aliphatic rings. The molecule has 0 unspecified atom stereocenters. The number of carbonyl (C=O) groups excluding carboxylic acids is 1. The number of nitrogens with one attached hydrogen (secondary N) is 1. The monoisotopic (exact) mass is 445 g/mol. The molecule has 0 fully saturated rings. The number of amides is 1. The normalized spacial score (nSPS) is 12.3. The number of rotatable bonds is 7. The van der Waals surface area contributed by atoms with Gasteiger partial charge < -0.3 is 5.32 Å². The molecule has 1 atom stereocenters. The van der Waals surface area contributed by atoms with E-state index in [1.807, 2.05) is 0 Å². The fraction of sp³-hybridized carbons (Fsp3) is 0.235. The lowest BCUT2D eigenvalue weighted by molar-refractivity contribution is -0.384. The van der Waals surface area contributed by atoms with Crippen molar-refractivity contribution in [3.05, 3.63) is 62.6 Å². The molecule has 0 spiro atoms. The minimum absolute atomic E-state index is 0.0101. The van der Waals surface area contributed by atoms with Gasteiger partial charge in [-0.05, 0) is 30.7 Å². The van der Waals surface area contributed by atoms with E-state index in [2.05, 4.69) is 5.32 Å². The molecule has 0 bridgehead atoms. The van der Waals surface area contributed by atoms with E-state index in [-0.39, 0.29) is 28.5 Å². The summed E-state index contributed by atoms with van der Waals surface area (Å²) in [6.45, 7) is 1.62. The summed E-state index contributed by atoms with van der Waals surface area (Å²) in [7, 11) is -3.94. The van der Waals surface area contributed by atoms with E-state index in [0.717, 1.165) is 16.6 Å². The Morgan fingerprint density at radius 3 is 2.50 bits per heavy atom. The van der Waals surface area contributed by atoms with Crippen LogP contribution in [-0.2, 0) is 14.8 Å². The molecule has 0 saturated carbocycles. The van der Waals surface area contributed by atoms with E-state index in [9.17, 15) is 23.3 Å². The maximum atomic E-state index is 12.8. The van der Waals surface area contributed by atoms with E-state index in [0.29, 0.717) is 5.02 Å². The van der Waals surface area contributed by atoms with Crippen LogP contribution >= 0.6 is 23.2 Å². The summed E-state index contributed by atoms with van der Waals surface area (Å²) < 4.78 is 25.7. The van der Waals surface area contributed by atoms with Crippen molar-refractivity contribution in [2.45, 2.75) is 19.4 Å². The van der Waals surface area contributed by atoms with Crippen molar-refractivity contribution in [2.75, 3.05) is 15.9 Å². The Bertz CT molecular complexity index is 1010. The van der Waals surface area contributed by atoms with Gasteiger partial charge in [0.25, 0.3) is 5.69 Å². The molecule has 2 rings (SSSR count). The Hall–Kier alpha value is -2.36. The molecule has 0 heterocycles. The maximum Gasteiger partial charge on any atom is 0.271 e. The minimum Gasteiger partial charge on any atom is -0.323 e. The van der Waals surface area contributed by atoms with Crippen molar-refractivity contribution >= 4 is 56.2 Å². The van der Waals surface area contributed by atoms with Crippen LogP contribution in [0.4, 0.5) is 17.1 Å². The molecule has 1 amide bonds. The molecule has 8 nitrogen and oxygen atoms in total. The predicted molar refractivity (Wildman–Crippen MR) is 110 cm³/mol. The highest BCUT2D eigenvalue weighted by Gasteiger charge is 2.32. The fourth-order valence-electron chi connectivity index (χ4n) is 2.61. The number of sulfonamides is 1. The summed E-state index contributed by atoms with van der Waals surface area (Å²) >= 11 is 12.0. The lowest BCUT2D eigenvalue weighted by Gasteiger charge is -2.30. The summed E-state index contributed by atoms with van der Waals surface area (Å²) in [6.07, 6.45) is 1.04. The number of nitro benzene ring substituents is 1. The quantitative estimate of drug-likeness (QED) is 0.509. The molecular formula is C17H17Cl2N3O5S. The number of hydrogen-bond donors (Lipinski definition) is 1. The van der Waals surface area contributed by atoms with Gasteiger partial charge in [0, 0.05) is 17.2 Å². The second kappa shape index (κ2) is 8.76. The van der Waals surface area contributed by atoms with Gasteiger partial charge in [0.1, 0.15) is 6.04 Å². The largest absolute Gasteiger partial charge is 0.323 e. The fourth-order valence-corrected chi connectivity index (χ4v) is 4.15. The standard InChI is InChI=1S/C17H17Cl2N3O5S/c1-3-16(17(23)20-15-9-11(18)7-8-14(15)19)21(28(2,26)27)12-5-4-6-13(10-12)22(24)25/h4-10,16H,3H2,1-2H3,(H,20,23)/t16-/m0/s1. The predicted octanol–water partition coefficient (Wildman–Crippen LogP) is 4.08. The average molecular weight is 446 g/mol. The first kappa shape index (κ1) is 21.9. The molecule has 150 valence electrons. The van der Waals surface area contributed by atoms with Crippen LogP contribution in [0.15, 0.2) is 42.5 Å². The van der Waals surface area contributed by atoms with Crippen molar-refractivity contribution in [1.82, 2.24) is 0 Å². The van der Waals surface area contributed by atoms with E-state index < -0.39 is 26.9 Å².